The van der Waals surface area contributed by atoms with Gasteiger partial charge in [0.05, 0.1) is 16.6 Å². The minimum atomic E-state index is 0.452. The molecule has 1 aliphatic carbocycles. The number of nitrogens with one attached hydrogen (secondary N) is 1. The van der Waals surface area contributed by atoms with Gasteiger partial charge in [-0.3, -0.25) is 0 Å². The van der Waals surface area contributed by atoms with Crippen LogP contribution in [0.1, 0.15) is 50.6 Å². The molecule has 1 fully saturated rings. The number of aromatic amines is 1. The predicted molar refractivity (Wildman–Crippen MR) is 83.1 cm³/mol. The number of rotatable bonds is 1. The normalized spacial score (nSPS) is 23.4. The number of H-pyrrole nitrogens is 1. The van der Waals surface area contributed by atoms with Crippen LogP contribution in [0.15, 0.2) is 18.2 Å². The lowest BCUT2D eigenvalue weighted by Crippen LogP contribution is -2.16. The lowest BCUT2D eigenvalue weighted by Gasteiger charge is -2.23. The molecule has 0 spiro atoms. The molecule has 2 unspecified atom stereocenters. The zero-order valence-corrected chi connectivity index (χ0v) is 12.5. The first-order valence-electron chi connectivity index (χ1n) is 7.35. The molecule has 1 saturated carbocycles. The molecule has 0 radical (unpaired) electrons. The minimum absolute atomic E-state index is 0.452. The van der Waals surface area contributed by atoms with E-state index in [0.29, 0.717) is 17.5 Å². The largest absolute Gasteiger partial charge is 0.329 e. The molecule has 1 aromatic heterocycles. The van der Waals surface area contributed by atoms with Gasteiger partial charge < -0.3 is 9.55 Å². The number of imidazole rings is 1. The Labute approximate surface area is 124 Å². The van der Waals surface area contributed by atoms with Crippen molar-refractivity contribution >= 4 is 23.3 Å². The lowest BCUT2D eigenvalue weighted by molar-refractivity contribution is 0.338. The number of benzene rings is 1. The smallest absolute Gasteiger partial charge is 0.178 e. The van der Waals surface area contributed by atoms with Crippen LogP contribution >= 0.6 is 12.2 Å². The third-order valence-corrected chi connectivity index (χ3v) is 4.82. The van der Waals surface area contributed by atoms with E-state index in [1.165, 1.54) is 32.1 Å². The molecule has 1 heterocycles. The minimum Gasteiger partial charge on any atom is -0.329 e. The molecule has 3 rings (SSSR count). The molecule has 4 heteroatoms. The Morgan fingerprint density at radius 1 is 1.30 bits per heavy atom. The molecule has 1 N–H and O–H groups in total. The van der Waals surface area contributed by atoms with Crippen LogP contribution in [0.5, 0.6) is 0 Å². The molecule has 2 aromatic rings. The summed E-state index contributed by atoms with van der Waals surface area (Å²) >= 11 is 5.54. The van der Waals surface area contributed by atoms with Crippen LogP contribution in [0.3, 0.4) is 0 Å². The highest BCUT2D eigenvalue weighted by Gasteiger charge is 2.24. The number of fused-ring (bicyclic) bond motifs is 1. The molecule has 0 bridgehead atoms. The highest BCUT2D eigenvalue weighted by molar-refractivity contribution is 7.71. The fourth-order valence-corrected chi connectivity index (χ4v) is 3.76. The van der Waals surface area contributed by atoms with Crippen molar-refractivity contribution in [2.45, 2.75) is 45.1 Å². The fourth-order valence-electron chi connectivity index (χ4n) is 3.43. The molecular formula is C16H19N3S. The van der Waals surface area contributed by atoms with Gasteiger partial charge in [-0.2, -0.15) is 5.26 Å². The molecule has 0 saturated heterocycles. The van der Waals surface area contributed by atoms with Crippen LogP contribution in [0.4, 0.5) is 0 Å². The van der Waals surface area contributed by atoms with Crippen LogP contribution < -0.4 is 0 Å². The van der Waals surface area contributed by atoms with Crippen molar-refractivity contribution in [3.63, 3.8) is 0 Å². The van der Waals surface area contributed by atoms with E-state index in [2.05, 4.69) is 28.6 Å². The molecule has 104 valence electrons. The van der Waals surface area contributed by atoms with E-state index < -0.39 is 0 Å². The molecule has 0 amide bonds. The summed E-state index contributed by atoms with van der Waals surface area (Å²) in [5.74, 6) is 0.633. The Bertz CT molecular complexity index is 719. The second-order valence-corrected chi connectivity index (χ2v) is 6.18. The van der Waals surface area contributed by atoms with Gasteiger partial charge in [-0.05, 0) is 43.1 Å². The highest BCUT2D eigenvalue weighted by atomic mass is 32.1. The number of nitrogens with zero attached hydrogens (tertiary/aromatic N) is 2. The maximum Gasteiger partial charge on any atom is 0.178 e. The average molecular weight is 285 g/mol. The van der Waals surface area contributed by atoms with Crippen molar-refractivity contribution in [1.29, 1.82) is 5.26 Å². The van der Waals surface area contributed by atoms with Gasteiger partial charge in [0.2, 0.25) is 0 Å². The Kier molecular flexibility index (Phi) is 3.62. The van der Waals surface area contributed by atoms with Crippen molar-refractivity contribution in [3.8, 4) is 6.07 Å². The molecule has 1 aromatic carbocycles. The Hall–Kier alpha value is -1.60. The summed E-state index contributed by atoms with van der Waals surface area (Å²) in [4.78, 5) is 3.24. The first-order valence-corrected chi connectivity index (χ1v) is 7.76. The summed E-state index contributed by atoms with van der Waals surface area (Å²) < 4.78 is 3.00. The second-order valence-electron chi connectivity index (χ2n) is 5.79. The number of hydrogen-bond acceptors (Lipinski definition) is 2. The number of nitriles is 1. The van der Waals surface area contributed by atoms with Gasteiger partial charge in [0.15, 0.2) is 4.77 Å². The van der Waals surface area contributed by atoms with Crippen molar-refractivity contribution in [2.75, 3.05) is 0 Å². The Morgan fingerprint density at radius 2 is 2.10 bits per heavy atom. The fraction of sp³-hybridized carbons (Fsp3) is 0.500. The van der Waals surface area contributed by atoms with Crippen LogP contribution in [-0.4, -0.2) is 9.55 Å². The SMILES string of the molecule is CC1CCCCCC1n1c(=S)[nH]c2c(C#N)cccc21. The van der Waals surface area contributed by atoms with Crippen molar-refractivity contribution in [2.24, 2.45) is 5.92 Å². The summed E-state index contributed by atoms with van der Waals surface area (Å²) in [6, 6.07) is 8.55. The summed E-state index contributed by atoms with van der Waals surface area (Å²) in [6.45, 7) is 2.32. The first kappa shape index (κ1) is 13.4. The molecule has 2 atom stereocenters. The third kappa shape index (κ3) is 2.16. The van der Waals surface area contributed by atoms with Gasteiger partial charge in [-0.15, -0.1) is 0 Å². The molecular weight excluding hydrogens is 266 g/mol. The average Bonchev–Trinajstić information content (AvgIpc) is 2.63. The maximum absolute atomic E-state index is 9.23. The molecule has 0 aliphatic heterocycles. The lowest BCUT2D eigenvalue weighted by atomic mass is 9.96. The van der Waals surface area contributed by atoms with Gasteiger partial charge in [-0.25, -0.2) is 0 Å². The van der Waals surface area contributed by atoms with E-state index in [-0.39, 0.29) is 0 Å². The highest BCUT2D eigenvalue weighted by Crippen LogP contribution is 2.35. The van der Waals surface area contributed by atoms with E-state index in [0.717, 1.165) is 15.8 Å². The predicted octanol–water partition coefficient (Wildman–Crippen LogP) is 4.71. The maximum atomic E-state index is 9.23. The van der Waals surface area contributed by atoms with Gasteiger partial charge in [0.1, 0.15) is 6.07 Å². The zero-order valence-electron chi connectivity index (χ0n) is 11.7. The van der Waals surface area contributed by atoms with Gasteiger partial charge >= 0.3 is 0 Å². The zero-order chi connectivity index (χ0) is 14.1. The Balaban J connectivity index is 2.18. The van der Waals surface area contributed by atoms with Crippen LogP contribution in [0.25, 0.3) is 11.0 Å². The Morgan fingerprint density at radius 3 is 2.90 bits per heavy atom. The molecule has 3 nitrogen and oxygen atoms in total. The quantitative estimate of drug-likeness (QED) is 0.609. The van der Waals surface area contributed by atoms with E-state index in [4.69, 9.17) is 12.2 Å². The third-order valence-electron chi connectivity index (χ3n) is 4.52. The number of para-hydroxylation sites is 1. The van der Waals surface area contributed by atoms with E-state index in [1.807, 2.05) is 12.1 Å². The van der Waals surface area contributed by atoms with Crippen LogP contribution in [0, 0.1) is 22.0 Å². The van der Waals surface area contributed by atoms with Crippen molar-refractivity contribution < 1.29 is 0 Å². The number of hydrogen-bond donors (Lipinski definition) is 1. The van der Waals surface area contributed by atoms with Crippen molar-refractivity contribution in [3.05, 3.63) is 28.5 Å². The van der Waals surface area contributed by atoms with Gasteiger partial charge in [-0.1, -0.05) is 32.3 Å². The van der Waals surface area contributed by atoms with Crippen molar-refractivity contribution in [1.82, 2.24) is 9.55 Å². The van der Waals surface area contributed by atoms with E-state index >= 15 is 0 Å². The van der Waals surface area contributed by atoms with Crippen LogP contribution in [0.2, 0.25) is 0 Å². The summed E-state index contributed by atoms with van der Waals surface area (Å²) in [6.07, 6.45) is 6.34. The van der Waals surface area contributed by atoms with Crippen LogP contribution in [-0.2, 0) is 0 Å². The number of aromatic nitrogens is 2. The second kappa shape index (κ2) is 5.41. The summed E-state index contributed by atoms with van der Waals surface area (Å²) in [5, 5.41) is 9.23. The molecule has 20 heavy (non-hydrogen) atoms. The van der Waals surface area contributed by atoms with Gasteiger partial charge in [0.25, 0.3) is 0 Å². The summed E-state index contributed by atoms with van der Waals surface area (Å²) in [7, 11) is 0. The molecule has 1 aliphatic rings. The van der Waals surface area contributed by atoms with E-state index in [1.54, 1.807) is 0 Å². The monoisotopic (exact) mass is 285 g/mol. The standard InChI is InChI=1S/C16H19N3S/c1-11-6-3-2-4-8-13(11)19-14-9-5-7-12(10-17)15(14)18-16(19)20/h5,7,9,11,13H,2-4,6,8H2,1H3,(H,18,20). The summed E-state index contributed by atoms with van der Waals surface area (Å²) in [5.41, 5.74) is 2.64. The van der Waals surface area contributed by atoms with E-state index in [9.17, 15) is 5.26 Å². The van der Waals surface area contributed by atoms with Gasteiger partial charge in [0, 0.05) is 6.04 Å². The first-order chi connectivity index (χ1) is 9.72. The topological polar surface area (TPSA) is 44.5 Å².